The Morgan fingerprint density at radius 3 is 2.59 bits per heavy atom. The Hall–Kier alpha value is -2.32. The van der Waals surface area contributed by atoms with Gasteiger partial charge in [-0.25, -0.2) is 4.79 Å². The molecule has 2 aromatic carbocycles. The summed E-state index contributed by atoms with van der Waals surface area (Å²) in [5, 5.41) is 16.2. The third-order valence-corrected chi connectivity index (χ3v) is 5.02. The maximum absolute atomic E-state index is 12.0. The predicted octanol–water partition coefficient (Wildman–Crippen LogP) is 5.90. The summed E-state index contributed by atoms with van der Waals surface area (Å²) >= 11 is 9.49. The molecule has 0 heterocycles. The first-order chi connectivity index (χ1) is 13.6. The number of amides is 2. The second-order valence-electron chi connectivity index (χ2n) is 7.40. The van der Waals surface area contributed by atoms with E-state index < -0.39 is 11.0 Å². The molecule has 29 heavy (non-hydrogen) atoms. The number of rotatable bonds is 7. The Balaban J connectivity index is 1.78. The number of anilines is 1. The molecular weight excluding hydrogens is 462 g/mol. The molecule has 2 amide bonds. The van der Waals surface area contributed by atoms with E-state index >= 15 is 0 Å². The minimum absolute atomic E-state index is 0.0560. The van der Waals surface area contributed by atoms with Crippen molar-refractivity contribution in [2.45, 2.75) is 32.6 Å². The Morgan fingerprint density at radius 2 is 1.97 bits per heavy atom. The summed E-state index contributed by atoms with van der Waals surface area (Å²) in [6.07, 6.45) is 0.587. The molecule has 0 aliphatic carbocycles. The fourth-order valence-corrected chi connectivity index (χ4v) is 3.09. The zero-order valence-corrected chi connectivity index (χ0v) is 18.8. The number of non-ortho nitro benzene ring substituents is 1. The van der Waals surface area contributed by atoms with Gasteiger partial charge in [-0.2, -0.15) is 0 Å². The number of ether oxygens (including phenoxy) is 1. The highest BCUT2D eigenvalue weighted by Crippen LogP contribution is 2.31. The van der Waals surface area contributed by atoms with Crippen molar-refractivity contribution in [1.82, 2.24) is 5.32 Å². The lowest BCUT2D eigenvalue weighted by molar-refractivity contribution is -0.384. The Labute approximate surface area is 183 Å². The van der Waals surface area contributed by atoms with E-state index in [1.807, 2.05) is 18.2 Å². The molecule has 0 unspecified atom stereocenters. The summed E-state index contributed by atoms with van der Waals surface area (Å²) in [6.45, 7) is 7.23. The van der Waals surface area contributed by atoms with Crippen LogP contribution in [0.15, 0.2) is 40.9 Å². The highest BCUT2D eigenvalue weighted by atomic mass is 79.9. The van der Waals surface area contributed by atoms with Crippen molar-refractivity contribution in [2.24, 2.45) is 0 Å². The first kappa shape index (κ1) is 23.0. The summed E-state index contributed by atoms with van der Waals surface area (Å²) in [5.74, 6) is 0.742. The lowest BCUT2D eigenvalue weighted by Gasteiger charge is -2.20. The van der Waals surface area contributed by atoms with Crippen molar-refractivity contribution in [3.8, 4) is 5.75 Å². The van der Waals surface area contributed by atoms with Crippen molar-refractivity contribution in [1.29, 1.82) is 0 Å². The zero-order valence-electron chi connectivity index (χ0n) is 16.4. The average molecular weight is 485 g/mol. The molecule has 9 heteroatoms. The number of nitro groups is 1. The number of nitrogens with one attached hydrogen (secondary N) is 2. The smallest absolute Gasteiger partial charge is 0.319 e. The Morgan fingerprint density at radius 1 is 1.24 bits per heavy atom. The topological polar surface area (TPSA) is 93.5 Å². The minimum atomic E-state index is -0.553. The van der Waals surface area contributed by atoms with Gasteiger partial charge in [-0.3, -0.25) is 10.1 Å². The van der Waals surface area contributed by atoms with Crippen molar-refractivity contribution in [2.75, 3.05) is 18.5 Å². The van der Waals surface area contributed by atoms with E-state index in [0.29, 0.717) is 19.6 Å². The van der Waals surface area contributed by atoms with Crippen LogP contribution in [0, 0.1) is 10.1 Å². The van der Waals surface area contributed by atoms with E-state index in [4.69, 9.17) is 16.3 Å². The summed E-state index contributed by atoms with van der Waals surface area (Å²) in [7, 11) is 0. The summed E-state index contributed by atoms with van der Waals surface area (Å²) in [5.41, 5.74) is 1.29. The predicted molar refractivity (Wildman–Crippen MR) is 118 cm³/mol. The standard InChI is InChI=1S/C20H23BrClN3O4/c1-20(2,3)13-5-8-18(15(21)11-13)29-10-4-9-23-19(26)24-17-12-14(25(27)28)6-7-16(17)22/h5-8,11-12H,4,9-10H2,1-3H3,(H2,23,24,26). The molecule has 2 N–H and O–H groups in total. The van der Waals surface area contributed by atoms with Crippen LogP contribution in [0.1, 0.15) is 32.8 Å². The van der Waals surface area contributed by atoms with Gasteiger partial charge >= 0.3 is 6.03 Å². The second kappa shape index (κ2) is 9.93. The number of hydrogen-bond acceptors (Lipinski definition) is 4. The van der Waals surface area contributed by atoms with Crippen molar-refractivity contribution >= 4 is 44.9 Å². The van der Waals surface area contributed by atoms with E-state index in [9.17, 15) is 14.9 Å². The molecule has 2 aromatic rings. The van der Waals surface area contributed by atoms with Crippen LogP contribution in [0.25, 0.3) is 0 Å². The molecule has 156 valence electrons. The molecule has 0 radical (unpaired) electrons. The average Bonchev–Trinajstić information content (AvgIpc) is 2.63. The maximum Gasteiger partial charge on any atom is 0.319 e. The highest BCUT2D eigenvalue weighted by Gasteiger charge is 2.15. The van der Waals surface area contributed by atoms with E-state index in [2.05, 4.69) is 47.3 Å². The molecule has 0 spiro atoms. The molecule has 0 saturated heterocycles. The van der Waals surface area contributed by atoms with Crippen LogP contribution in [-0.4, -0.2) is 24.1 Å². The van der Waals surface area contributed by atoms with Crippen molar-refractivity contribution in [3.05, 3.63) is 61.6 Å². The molecule has 0 bridgehead atoms. The fourth-order valence-electron chi connectivity index (χ4n) is 2.43. The SMILES string of the molecule is CC(C)(C)c1ccc(OCCCNC(=O)Nc2cc([N+](=O)[O-])ccc2Cl)c(Br)c1. The number of benzene rings is 2. The van der Waals surface area contributed by atoms with Gasteiger partial charge < -0.3 is 15.4 Å². The van der Waals surface area contributed by atoms with Crippen LogP contribution in [0.3, 0.4) is 0 Å². The van der Waals surface area contributed by atoms with E-state index in [0.717, 1.165) is 10.2 Å². The van der Waals surface area contributed by atoms with Gasteiger partial charge in [0.2, 0.25) is 0 Å². The number of carbonyl (C=O) groups excluding carboxylic acids is 1. The number of carbonyl (C=O) groups is 1. The van der Waals surface area contributed by atoms with Gasteiger partial charge in [-0.05, 0) is 51.5 Å². The van der Waals surface area contributed by atoms with E-state index in [1.165, 1.54) is 23.8 Å². The number of nitro benzene ring substituents is 1. The Bertz CT molecular complexity index is 900. The third kappa shape index (κ3) is 6.90. The van der Waals surface area contributed by atoms with Gasteiger partial charge in [0.1, 0.15) is 5.75 Å². The molecule has 0 fully saturated rings. The first-order valence-electron chi connectivity index (χ1n) is 8.99. The molecule has 2 rings (SSSR count). The van der Waals surface area contributed by atoms with E-state index in [-0.39, 0.29) is 21.8 Å². The molecule has 0 saturated carbocycles. The van der Waals surface area contributed by atoms with Gasteiger partial charge in [0, 0.05) is 18.7 Å². The van der Waals surface area contributed by atoms with Gasteiger partial charge in [-0.15, -0.1) is 0 Å². The lowest BCUT2D eigenvalue weighted by Crippen LogP contribution is -2.30. The largest absolute Gasteiger partial charge is 0.492 e. The number of urea groups is 1. The molecule has 0 aromatic heterocycles. The van der Waals surface area contributed by atoms with Gasteiger partial charge in [0.25, 0.3) is 5.69 Å². The molecule has 0 atom stereocenters. The number of halogens is 2. The van der Waals surface area contributed by atoms with Crippen LogP contribution in [0.2, 0.25) is 5.02 Å². The molecule has 0 aliphatic rings. The first-order valence-corrected chi connectivity index (χ1v) is 10.2. The van der Waals surface area contributed by atoms with Gasteiger partial charge in [0.15, 0.2) is 0 Å². The summed E-state index contributed by atoms with van der Waals surface area (Å²) in [6, 6.07) is 9.36. The monoisotopic (exact) mass is 483 g/mol. The summed E-state index contributed by atoms with van der Waals surface area (Å²) < 4.78 is 6.64. The van der Waals surface area contributed by atoms with Crippen LogP contribution in [-0.2, 0) is 5.41 Å². The van der Waals surface area contributed by atoms with Gasteiger partial charge in [0.05, 0.1) is 26.7 Å². The molecule has 7 nitrogen and oxygen atoms in total. The highest BCUT2D eigenvalue weighted by molar-refractivity contribution is 9.10. The second-order valence-corrected chi connectivity index (χ2v) is 8.66. The Kier molecular flexibility index (Phi) is 7.87. The number of hydrogen-bond donors (Lipinski definition) is 2. The van der Waals surface area contributed by atoms with Crippen molar-refractivity contribution in [3.63, 3.8) is 0 Å². The van der Waals surface area contributed by atoms with Crippen LogP contribution in [0.4, 0.5) is 16.2 Å². The molecule has 0 aliphatic heterocycles. The quantitative estimate of drug-likeness (QED) is 0.291. The normalized spacial score (nSPS) is 11.1. The van der Waals surface area contributed by atoms with Crippen LogP contribution in [0.5, 0.6) is 5.75 Å². The van der Waals surface area contributed by atoms with Crippen molar-refractivity contribution < 1.29 is 14.5 Å². The summed E-state index contributed by atoms with van der Waals surface area (Å²) in [4.78, 5) is 22.2. The van der Waals surface area contributed by atoms with Crippen LogP contribution >= 0.6 is 27.5 Å². The maximum atomic E-state index is 12.0. The minimum Gasteiger partial charge on any atom is -0.492 e. The number of nitrogens with zero attached hydrogens (tertiary/aromatic N) is 1. The molecular formula is C20H23BrClN3O4. The third-order valence-electron chi connectivity index (χ3n) is 4.07. The van der Waals surface area contributed by atoms with Gasteiger partial charge in [-0.1, -0.05) is 38.4 Å². The fraction of sp³-hybridized carbons (Fsp3) is 0.350. The lowest BCUT2D eigenvalue weighted by atomic mass is 9.87. The van der Waals surface area contributed by atoms with E-state index in [1.54, 1.807) is 0 Å². The zero-order chi connectivity index (χ0) is 21.6. The van der Waals surface area contributed by atoms with Crippen LogP contribution < -0.4 is 15.4 Å².